The van der Waals surface area contributed by atoms with E-state index in [1.807, 2.05) is 6.92 Å². The van der Waals surface area contributed by atoms with Crippen molar-refractivity contribution in [2.24, 2.45) is 5.73 Å². The highest BCUT2D eigenvalue weighted by Crippen LogP contribution is 2.29. The number of hydrogen-bond donors (Lipinski definition) is 1. The Bertz CT molecular complexity index is 570. The molecule has 1 aliphatic rings. The van der Waals surface area contributed by atoms with E-state index in [0.717, 1.165) is 11.3 Å². The van der Waals surface area contributed by atoms with Crippen LogP contribution in [-0.2, 0) is 0 Å². The first-order chi connectivity index (χ1) is 9.72. The van der Waals surface area contributed by atoms with Crippen molar-refractivity contribution < 1.29 is 26.7 Å². The molecule has 0 saturated carbocycles. The summed E-state index contributed by atoms with van der Waals surface area (Å²) in [7, 11) is 0. The minimum atomic E-state index is -2.29. The van der Waals surface area contributed by atoms with Crippen LogP contribution in [0.5, 0.6) is 0 Å². The van der Waals surface area contributed by atoms with Gasteiger partial charge in [-0.2, -0.15) is 0 Å². The largest absolute Gasteiger partial charge is 0.335 e. The van der Waals surface area contributed by atoms with Crippen LogP contribution in [0.1, 0.15) is 30.1 Å². The molecule has 0 aliphatic carbocycles. The van der Waals surface area contributed by atoms with Gasteiger partial charge in [-0.3, -0.25) is 4.79 Å². The van der Waals surface area contributed by atoms with E-state index in [4.69, 9.17) is 5.73 Å². The summed E-state index contributed by atoms with van der Waals surface area (Å²) in [6, 6.07) is 0. The number of nitrogens with two attached hydrogens (primary N) is 1. The zero-order chi connectivity index (χ0) is 15.9. The molecule has 0 unspecified atom stereocenters. The Hall–Kier alpha value is -1.70. The number of benzene rings is 1. The van der Waals surface area contributed by atoms with Gasteiger partial charge in [0.05, 0.1) is 5.54 Å². The summed E-state index contributed by atoms with van der Waals surface area (Å²) in [5, 5.41) is 0. The maximum Gasteiger partial charge on any atom is 0.260 e. The van der Waals surface area contributed by atoms with Gasteiger partial charge >= 0.3 is 0 Å². The predicted molar refractivity (Wildman–Crippen MR) is 64.0 cm³/mol. The number of amides is 1. The Balaban J connectivity index is 2.30. The molecular formula is C13H13F5N2O. The molecule has 1 aromatic rings. The van der Waals surface area contributed by atoms with E-state index in [9.17, 15) is 26.7 Å². The summed E-state index contributed by atoms with van der Waals surface area (Å²) in [5.74, 6) is -12.1. The third-order valence-corrected chi connectivity index (χ3v) is 3.47. The van der Waals surface area contributed by atoms with Crippen LogP contribution in [0.4, 0.5) is 22.0 Å². The number of nitrogens with zero attached hydrogens (tertiary/aromatic N) is 1. The molecule has 1 aromatic carbocycles. The Morgan fingerprint density at radius 1 is 1.05 bits per heavy atom. The third kappa shape index (κ3) is 2.48. The van der Waals surface area contributed by atoms with E-state index < -0.39 is 46.1 Å². The van der Waals surface area contributed by atoms with Crippen molar-refractivity contribution in [1.82, 2.24) is 4.90 Å². The van der Waals surface area contributed by atoms with Gasteiger partial charge in [-0.25, -0.2) is 22.0 Å². The van der Waals surface area contributed by atoms with Gasteiger partial charge in [-0.05, 0) is 6.42 Å². The smallest absolute Gasteiger partial charge is 0.260 e. The van der Waals surface area contributed by atoms with Crippen LogP contribution in [0.3, 0.4) is 0 Å². The van der Waals surface area contributed by atoms with E-state index >= 15 is 0 Å². The number of rotatable bonds is 3. The summed E-state index contributed by atoms with van der Waals surface area (Å²) in [4.78, 5) is 12.9. The lowest BCUT2D eigenvalue weighted by atomic mass is 9.86. The second kappa shape index (κ2) is 5.25. The van der Waals surface area contributed by atoms with Crippen molar-refractivity contribution in [3.05, 3.63) is 34.6 Å². The highest BCUT2D eigenvalue weighted by molar-refractivity contribution is 5.95. The van der Waals surface area contributed by atoms with Gasteiger partial charge in [-0.1, -0.05) is 13.3 Å². The Kier molecular flexibility index (Phi) is 3.92. The zero-order valence-corrected chi connectivity index (χ0v) is 11.2. The predicted octanol–water partition coefficient (Wildman–Crippen LogP) is 2.34. The normalized spacial score (nSPS) is 16.8. The second-order valence-corrected chi connectivity index (χ2v) is 5.22. The van der Waals surface area contributed by atoms with Crippen LogP contribution >= 0.6 is 0 Å². The summed E-state index contributed by atoms with van der Waals surface area (Å²) in [6.07, 6.45) is 1.34. The topological polar surface area (TPSA) is 46.3 Å². The minimum absolute atomic E-state index is 0.0131. The molecule has 2 N–H and O–H groups in total. The number of halogens is 5. The SMILES string of the molecule is CCCC1(N)CN(C(=O)c2c(F)c(F)c(F)c(F)c2F)C1. The number of hydrogen-bond acceptors (Lipinski definition) is 2. The van der Waals surface area contributed by atoms with Crippen molar-refractivity contribution in [1.29, 1.82) is 0 Å². The molecule has 0 radical (unpaired) electrons. The van der Waals surface area contributed by atoms with Crippen molar-refractivity contribution in [3.63, 3.8) is 0 Å². The Morgan fingerprint density at radius 3 is 1.90 bits per heavy atom. The third-order valence-electron chi connectivity index (χ3n) is 3.47. The van der Waals surface area contributed by atoms with E-state index in [-0.39, 0.29) is 13.1 Å². The quantitative estimate of drug-likeness (QED) is 0.529. The van der Waals surface area contributed by atoms with Gasteiger partial charge in [0.25, 0.3) is 5.91 Å². The first kappa shape index (κ1) is 15.7. The average Bonchev–Trinajstić information content (AvgIpc) is 2.40. The van der Waals surface area contributed by atoms with Crippen molar-refractivity contribution in [2.75, 3.05) is 13.1 Å². The van der Waals surface area contributed by atoms with Gasteiger partial charge in [0.15, 0.2) is 23.3 Å². The molecule has 0 aromatic heterocycles. The van der Waals surface area contributed by atoms with Gasteiger partial charge in [0, 0.05) is 13.1 Å². The van der Waals surface area contributed by atoms with Crippen molar-refractivity contribution in [2.45, 2.75) is 25.3 Å². The lowest BCUT2D eigenvalue weighted by Crippen LogP contribution is -2.68. The van der Waals surface area contributed by atoms with Crippen LogP contribution in [0.15, 0.2) is 0 Å². The molecule has 0 atom stereocenters. The monoisotopic (exact) mass is 308 g/mol. The van der Waals surface area contributed by atoms with Crippen molar-refractivity contribution >= 4 is 5.91 Å². The van der Waals surface area contributed by atoms with Crippen LogP contribution in [0, 0.1) is 29.1 Å². The van der Waals surface area contributed by atoms with Gasteiger partial charge in [0.2, 0.25) is 5.82 Å². The maximum atomic E-state index is 13.5. The molecular weight excluding hydrogens is 295 g/mol. The molecule has 1 saturated heterocycles. The highest BCUT2D eigenvalue weighted by Gasteiger charge is 2.43. The van der Waals surface area contributed by atoms with E-state index in [1.165, 1.54) is 0 Å². The lowest BCUT2D eigenvalue weighted by molar-refractivity contribution is 0.0374. The number of carbonyl (C=O) groups is 1. The van der Waals surface area contributed by atoms with Crippen LogP contribution < -0.4 is 5.73 Å². The number of carbonyl (C=O) groups excluding carboxylic acids is 1. The fraction of sp³-hybridized carbons (Fsp3) is 0.462. The number of likely N-dealkylation sites (tertiary alicyclic amines) is 1. The molecule has 1 heterocycles. The fourth-order valence-corrected chi connectivity index (χ4v) is 2.46. The fourth-order valence-electron chi connectivity index (χ4n) is 2.46. The van der Waals surface area contributed by atoms with Gasteiger partial charge in [0.1, 0.15) is 5.56 Å². The molecule has 1 aliphatic heterocycles. The minimum Gasteiger partial charge on any atom is -0.335 e. The molecule has 0 bridgehead atoms. The first-order valence-corrected chi connectivity index (χ1v) is 6.31. The molecule has 2 rings (SSSR count). The maximum absolute atomic E-state index is 13.5. The molecule has 1 amide bonds. The van der Waals surface area contributed by atoms with Crippen LogP contribution in [0.25, 0.3) is 0 Å². The standard InChI is InChI=1S/C13H13F5N2O/c1-2-3-13(19)4-20(5-13)12(21)6-7(14)9(16)11(18)10(17)8(6)15/h2-5,19H2,1H3. The van der Waals surface area contributed by atoms with Gasteiger partial charge < -0.3 is 10.6 Å². The lowest BCUT2D eigenvalue weighted by Gasteiger charge is -2.47. The molecule has 8 heteroatoms. The van der Waals surface area contributed by atoms with Crippen molar-refractivity contribution in [3.8, 4) is 0 Å². The summed E-state index contributed by atoms with van der Waals surface area (Å²) >= 11 is 0. The molecule has 0 spiro atoms. The van der Waals surface area contributed by atoms with Gasteiger partial charge in [-0.15, -0.1) is 0 Å². The van der Waals surface area contributed by atoms with Crippen LogP contribution in [-0.4, -0.2) is 29.4 Å². The Morgan fingerprint density at radius 2 is 1.48 bits per heavy atom. The summed E-state index contributed by atoms with van der Waals surface area (Å²) < 4.78 is 66.1. The molecule has 116 valence electrons. The summed E-state index contributed by atoms with van der Waals surface area (Å²) in [6.45, 7) is 1.90. The van der Waals surface area contributed by atoms with E-state index in [2.05, 4.69) is 0 Å². The molecule has 3 nitrogen and oxygen atoms in total. The average molecular weight is 308 g/mol. The first-order valence-electron chi connectivity index (χ1n) is 6.31. The van der Waals surface area contributed by atoms with E-state index in [0.29, 0.717) is 6.42 Å². The highest BCUT2D eigenvalue weighted by atomic mass is 19.2. The van der Waals surface area contributed by atoms with E-state index in [1.54, 1.807) is 0 Å². The molecule has 1 fully saturated rings. The second-order valence-electron chi connectivity index (χ2n) is 5.22. The Labute approximate surface area is 117 Å². The molecule has 21 heavy (non-hydrogen) atoms. The summed E-state index contributed by atoms with van der Waals surface area (Å²) in [5.41, 5.74) is 3.78. The van der Waals surface area contributed by atoms with Crippen LogP contribution in [0.2, 0.25) is 0 Å². The zero-order valence-electron chi connectivity index (χ0n) is 11.2.